The van der Waals surface area contributed by atoms with E-state index >= 15 is 0 Å². The number of likely N-dealkylation sites (N-methyl/N-ethyl adjacent to an activating group) is 2. The summed E-state index contributed by atoms with van der Waals surface area (Å²) in [5, 5.41) is 44.9. The van der Waals surface area contributed by atoms with Gasteiger partial charge in [0.15, 0.2) is 0 Å². The molecular formula is C34H52N8O6. The topological polar surface area (TPSA) is 205 Å². The fourth-order valence-electron chi connectivity index (χ4n) is 5.59. The number of phenols is 2. The second-order valence-electron chi connectivity index (χ2n) is 12.0. The number of nitrogens with one attached hydrogen (secondary N) is 8. The van der Waals surface area contributed by atoms with Gasteiger partial charge in [-0.15, -0.1) is 0 Å². The number of hydrogen-bond donors (Lipinski definition) is 10. The van der Waals surface area contributed by atoms with E-state index in [4.69, 9.17) is 0 Å². The van der Waals surface area contributed by atoms with Crippen LogP contribution in [0, 0.1) is 0 Å². The van der Waals surface area contributed by atoms with E-state index in [2.05, 4.69) is 42.5 Å². The molecule has 0 unspecified atom stereocenters. The summed E-state index contributed by atoms with van der Waals surface area (Å²) < 4.78 is 0. The smallest absolute Gasteiger partial charge is 0.243 e. The Kier molecular flexibility index (Phi) is 15.6. The van der Waals surface area contributed by atoms with Crippen molar-refractivity contribution in [3.05, 3.63) is 47.5 Å². The zero-order chi connectivity index (χ0) is 35.1. The van der Waals surface area contributed by atoms with Gasteiger partial charge in [0.05, 0.1) is 6.04 Å². The summed E-state index contributed by atoms with van der Waals surface area (Å²) in [4.78, 5) is 54.5. The first kappa shape index (κ1) is 38.2. The highest BCUT2D eigenvalue weighted by molar-refractivity contribution is 5.95. The Hall–Kier alpha value is -4.24. The lowest BCUT2D eigenvalue weighted by atomic mass is 9.95. The van der Waals surface area contributed by atoms with Crippen LogP contribution in [0.15, 0.2) is 36.4 Å². The van der Waals surface area contributed by atoms with Crippen molar-refractivity contribution in [3.8, 4) is 22.6 Å². The minimum Gasteiger partial charge on any atom is -0.508 e. The molecule has 0 radical (unpaired) electrons. The molecule has 2 aromatic rings. The maximum Gasteiger partial charge on any atom is 0.243 e. The fourth-order valence-corrected chi connectivity index (χ4v) is 5.59. The average Bonchev–Trinajstić information content (AvgIpc) is 3.07. The highest BCUT2D eigenvalue weighted by atomic mass is 16.3. The van der Waals surface area contributed by atoms with E-state index < -0.39 is 41.9 Å². The van der Waals surface area contributed by atoms with Crippen LogP contribution in [0.5, 0.6) is 11.5 Å². The lowest BCUT2D eigenvalue weighted by molar-refractivity contribution is -0.134. The SMILES string of the molecule is CNCCC[C@H](NC(=O)[C@@H]1Cc2cc(ccc2O)-c2ccc(O)c(c2)C[C@H](NC)C(=O)N[C@@H](CCCNC)C(=O)N1)C(=O)NCCNC. The summed E-state index contributed by atoms with van der Waals surface area (Å²) in [6.45, 7) is 2.15. The fraction of sp³-hybridized carbons (Fsp3) is 0.529. The average molecular weight is 669 g/mol. The van der Waals surface area contributed by atoms with Crippen LogP contribution in [0.4, 0.5) is 0 Å². The summed E-state index contributed by atoms with van der Waals surface area (Å²) in [6.07, 6.45) is 1.86. The number of hydrogen-bond acceptors (Lipinski definition) is 10. The third-order valence-electron chi connectivity index (χ3n) is 8.42. The van der Waals surface area contributed by atoms with E-state index in [1.165, 1.54) is 6.07 Å². The van der Waals surface area contributed by atoms with Crippen LogP contribution in [0.1, 0.15) is 36.8 Å². The number of carbonyl (C=O) groups is 4. The number of rotatable bonds is 15. The lowest BCUT2D eigenvalue weighted by Crippen LogP contribution is -2.58. The normalized spacial score (nSPS) is 18.9. The van der Waals surface area contributed by atoms with Crippen molar-refractivity contribution in [2.45, 2.75) is 62.7 Å². The van der Waals surface area contributed by atoms with E-state index in [0.717, 1.165) is 5.56 Å². The standard InChI is InChI=1S/C34H52N8O6/c1-35-13-5-7-25(31(45)39-16-15-37-3)40-34(48)28-20-24-18-22(10-12-30(24)44)21-9-11-29(43)23(17-21)19-27(38-4)33(47)41-26(32(46)42-28)8-6-14-36-2/h9-12,17-18,25-28,35-38,43-44H,5-8,13-16,19-20H2,1-4H3,(H,39,45)(H,40,48)(H,41,47)(H,42,46)/t25-,26-,27-,28-/m0/s1. The third kappa shape index (κ3) is 11.2. The molecule has 0 aromatic heterocycles. The van der Waals surface area contributed by atoms with Crippen molar-refractivity contribution in [2.75, 3.05) is 54.4 Å². The van der Waals surface area contributed by atoms with Gasteiger partial charge in [-0.3, -0.25) is 19.2 Å². The predicted octanol–water partition coefficient (Wildman–Crippen LogP) is -0.759. The molecule has 2 aromatic carbocycles. The highest BCUT2D eigenvalue weighted by Gasteiger charge is 2.32. The molecule has 0 aliphatic carbocycles. The van der Waals surface area contributed by atoms with Gasteiger partial charge in [0.2, 0.25) is 23.6 Å². The van der Waals surface area contributed by atoms with Gasteiger partial charge in [0, 0.05) is 25.9 Å². The molecule has 264 valence electrons. The largest absolute Gasteiger partial charge is 0.508 e. The van der Waals surface area contributed by atoms with Gasteiger partial charge < -0.3 is 52.7 Å². The lowest BCUT2D eigenvalue weighted by Gasteiger charge is -2.27. The maximum absolute atomic E-state index is 14.0. The molecule has 4 atom stereocenters. The number of aromatic hydroxyl groups is 2. The minimum absolute atomic E-state index is 0.0226. The summed E-state index contributed by atoms with van der Waals surface area (Å²) in [7, 11) is 6.99. The molecule has 1 heterocycles. The second-order valence-corrected chi connectivity index (χ2v) is 12.0. The van der Waals surface area contributed by atoms with E-state index in [0.29, 0.717) is 62.1 Å². The first-order valence-electron chi connectivity index (χ1n) is 16.6. The van der Waals surface area contributed by atoms with Gasteiger partial charge in [0.1, 0.15) is 29.6 Å². The van der Waals surface area contributed by atoms with Crippen molar-refractivity contribution in [1.82, 2.24) is 42.5 Å². The van der Waals surface area contributed by atoms with Crippen LogP contribution in [-0.4, -0.2) is 112 Å². The molecule has 1 aliphatic rings. The van der Waals surface area contributed by atoms with Gasteiger partial charge in [0.25, 0.3) is 0 Å². The number of phenolic OH excluding ortho intramolecular Hbond substituents is 2. The number of amides is 4. The van der Waals surface area contributed by atoms with Gasteiger partial charge >= 0.3 is 0 Å². The molecule has 0 spiro atoms. The van der Waals surface area contributed by atoms with Crippen LogP contribution >= 0.6 is 0 Å². The van der Waals surface area contributed by atoms with Crippen LogP contribution in [0.3, 0.4) is 0 Å². The molecule has 10 N–H and O–H groups in total. The maximum atomic E-state index is 14.0. The van der Waals surface area contributed by atoms with E-state index in [1.807, 2.05) is 0 Å². The molecule has 4 amide bonds. The Labute approximate surface area is 282 Å². The van der Waals surface area contributed by atoms with Crippen molar-refractivity contribution in [3.63, 3.8) is 0 Å². The number of benzene rings is 2. The van der Waals surface area contributed by atoms with Gasteiger partial charge in [-0.2, -0.15) is 0 Å². The van der Waals surface area contributed by atoms with Gasteiger partial charge in [-0.05, 0) is 113 Å². The van der Waals surface area contributed by atoms with Crippen molar-refractivity contribution < 1.29 is 29.4 Å². The third-order valence-corrected chi connectivity index (χ3v) is 8.42. The van der Waals surface area contributed by atoms with Gasteiger partial charge in [-0.1, -0.05) is 12.1 Å². The molecule has 3 rings (SSSR count). The molecule has 48 heavy (non-hydrogen) atoms. The van der Waals surface area contributed by atoms with E-state index in [9.17, 15) is 29.4 Å². The zero-order valence-electron chi connectivity index (χ0n) is 28.4. The monoisotopic (exact) mass is 668 g/mol. The Morgan fingerprint density at radius 3 is 2.00 bits per heavy atom. The Morgan fingerprint density at radius 1 is 0.792 bits per heavy atom. The summed E-state index contributed by atoms with van der Waals surface area (Å²) >= 11 is 0. The summed E-state index contributed by atoms with van der Waals surface area (Å²) in [6, 6.07) is 6.21. The second kappa shape index (κ2) is 19.5. The van der Waals surface area contributed by atoms with E-state index in [-0.39, 0.29) is 36.7 Å². The Bertz CT molecular complexity index is 1390. The number of carbonyl (C=O) groups excluding carboxylic acids is 4. The molecule has 14 nitrogen and oxygen atoms in total. The zero-order valence-corrected chi connectivity index (χ0v) is 28.4. The molecule has 14 heteroatoms. The van der Waals surface area contributed by atoms with Crippen LogP contribution < -0.4 is 42.5 Å². The van der Waals surface area contributed by atoms with Crippen LogP contribution in [0.25, 0.3) is 11.1 Å². The van der Waals surface area contributed by atoms with Crippen molar-refractivity contribution in [2.24, 2.45) is 0 Å². The van der Waals surface area contributed by atoms with Crippen LogP contribution in [-0.2, 0) is 32.0 Å². The molecule has 0 saturated heterocycles. The molecular weight excluding hydrogens is 616 g/mol. The Morgan fingerprint density at radius 2 is 1.40 bits per heavy atom. The van der Waals surface area contributed by atoms with E-state index in [1.54, 1.807) is 58.5 Å². The first-order valence-corrected chi connectivity index (χ1v) is 16.6. The van der Waals surface area contributed by atoms with Crippen molar-refractivity contribution >= 4 is 23.6 Å². The van der Waals surface area contributed by atoms with Crippen LogP contribution in [0.2, 0.25) is 0 Å². The molecule has 0 fully saturated rings. The Balaban J connectivity index is 2.05. The summed E-state index contributed by atoms with van der Waals surface area (Å²) in [5.74, 6) is -2.01. The quantitative estimate of drug-likeness (QED) is 0.107. The van der Waals surface area contributed by atoms with Crippen molar-refractivity contribution in [1.29, 1.82) is 0 Å². The molecule has 0 saturated carbocycles. The first-order chi connectivity index (χ1) is 23.1. The highest BCUT2D eigenvalue weighted by Crippen LogP contribution is 2.31. The predicted molar refractivity (Wildman–Crippen MR) is 185 cm³/mol. The summed E-state index contributed by atoms with van der Waals surface area (Å²) in [5.41, 5.74) is 2.35. The minimum atomic E-state index is -1.19. The molecule has 4 bridgehead atoms. The number of fused-ring (bicyclic) bond motifs is 5. The van der Waals surface area contributed by atoms with Gasteiger partial charge in [-0.25, -0.2) is 0 Å². The molecule has 1 aliphatic heterocycles.